The number of nitrogens with one attached hydrogen (secondary N) is 1. The minimum absolute atomic E-state index is 0.0161. The van der Waals surface area contributed by atoms with Gasteiger partial charge in [-0.1, -0.05) is 0 Å². The van der Waals surface area contributed by atoms with Crippen molar-refractivity contribution >= 4 is 11.8 Å². The topological polar surface area (TPSA) is 49.4 Å². The molecular formula is C13H18N2O2. The maximum absolute atomic E-state index is 12.4. The molecule has 2 unspecified atom stereocenters. The Hall–Kier alpha value is -1.50. The summed E-state index contributed by atoms with van der Waals surface area (Å²) in [6.45, 7) is 4.04. The Morgan fingerprint density at radius 1 is 1.53 bits per heavy atom. The second-order valence-electron chi connectivity index (χ2n) is 5.09. The van der Waals surface area contributed by atoms with E-state index in [9.17, 15) is 9.59 Å². The number of carbonyl (C=O) groups excluding carboxylic acids is 2. The molecule has 17 heavy (non-hydrogen) atoms. The molecule has 2 aliphatic rings. The summed E-state index contributed by atoms with van der Waals surface area (Å²) in [7, 11) is 0. The first kappa shape index (κ1) is 12.0. The van der Waals surface area contributed by atoms with Crippen molar-refractivity contribution in [1.29, 1.82) is 0 Å². The van der Waals surface area contributed by atoms with E-state index in [0.29, 0.717) is 18.9 Å². The van der Waals surface area contributed by atoms with Crippen LogP contribution in [0.25, 0.3) is 0 Å². The van der Waals surface area contributed by atoms with E-state index in [1.165, 1.54) is 0 Å². The zero-order chi connectivity index (χ0) is 12.6. The van der Waals surface area contributed by atoms with E-state index in [4.69, 9.17) is 6.42 Å². The Kier molecular flexibility index (Phi) is 2.86. The van der Waals surface area contributed by atoms with Crippen molar-refractivity contribution in [2.75, 3.05) is 6.54 Å². The summed E-state index contributed by atoms with van der Waals surface area (Å²) in [5, 5.41) is 2.88. The molecule has 2 fully saturated rings. The van der Waals surface area contributed by atoms with Gasteiger partial charge in [0.2, 0.25) is 11.8 Å². The molecular weight excluding hydrogens is 216 g/mol. The molecule has 2 atom stereocenters. The number of nitrogens with zero attached hydrogens (tertiary/aromatic N) is 1. The molecule has 1 saturated carbocycles. The zero-order valence-corrected chi connectivity index (χ0v) is 10.3. The van der Waals surface area contributed by atoms with Gasteiger partial charge < -0.3 is 10.2 Å². The summed E-state index contributed by atoms with van der Waals surface area (Å²) in [6.07, 6.45) is 7.74. The largest absolute Gasteiger partial charge is 0.340 e. The van der Waals surface area contributed by atoms with E-state index in [0.717, 1.165) is 12.8 Å². The van der Waals surface area contributed by atoms with Crippen LogP contribution in [0.15, 0.2) is 0 Å². The van der Waals surface area contributed by atoms with E-state index in [-0.39, 0.29) is 11.8 Å². The average Bonchev–Trinajstić information content (AvgIpc) is 3.11. The summed E-state index contributed by atoms with van der Waals surface area (Å²) >= 11 is 0. The molecule has 0 aromatic heterocycles. The Bertz CT molecular complexity index is 395. The molecule has 4 heteroatoms. The molecule has 1 aliphatic heterocycles. The minimum atomic E-state index is -0.710. The van der Waals surface area contributed by atoms with Crippen LogP contribution in [0.1, 0.15) is 33.1 Å². The lowest BCUT2D eigenvalue weighted by Crippen LogP contribution is -2.69. The second-order valence-corrected chi connectivity index (χ2v) is 5.09. The Labute approximate surface area is 102 Å². The van der Waals surface area contributed by atoms with Crippen molar-refractivity contribution < 1.29 is 9.59 Å². The van der Waals surface area contributed by atoms with Gasteiger partial charge in [0.25, 0.3) is 0 Å². The summed E-state index contributed by atoms with van der Waals surface area (Å²) in [4.78, 5) is 26.0. The molecule has 1 heterocycles. The summed E-state index contributed by atoms with van der Waals surface area (Å²) in [6, 6.07) is -0.414. The molecule has 92 valence electrons. The van der Waals surface area contributed by atoms with Crippen LogP contribution in [0.3, 0.4) is 0 Å². The lowest BCUT2D eigenvalue weighted by atomic mass is 9.89. The SMILES string of the molecule is C#CCCN1C(=O)C(C)(C2CC2)NC(=O)C1C. The fourth-order valence-electron chi connectivity index (χ4n) is 2.45. The first-order valence-electron chi connectivity index (χ1n) is 6.07. The molecule has 1 aliphatic carbocycles. The van der Waals surface area contributed by atoms with E-state index in [2.05, 4.69) is 11.2 Å². The van der Waals surface area contributed by atoms with Crippen LogP contribution in [-0.2, 0) is 9.59 Å². The number of amides is 2. The fraction of sp³-hybridized carbons (Fsp3) is 0.692. The maximum Gasteiger partial charge on any atom is 0.249 e. The number of rotatable bonds is 3. The van der Waals surface area contributed by atoms with Crippen molar-refractivity contribution in [3.05, 3.63) is 0 Å². The Morgan fingerprint density at radius 2 is 2.18 bits per heavy atom. The summed E-state index contributed by atoms with van der Waals surface area (Å²) in [5.74, 6) is 2.75. The van der Waals surface area contributed by atoms with Crippen molar-refractivity contribution in [3.8, 4) is 12.3 Å². The summed E-state index contributed by atoms with van der Waals surface area (Å²) in [5.41, 5.74) is -0.710. The average molecular weight is 234 g/mol. The predicted octanol–water partition coefficient (Wildman–Crippen LogP) is 0.525. The molecule has 0 spiro atoms. The van der Waals surface area contributed by atoms with Gasteiger partial charge in [-0.15, -0.1) is 12.3 Å². The zero-order valence-electron chi connectivity index (χ0n) is 10.3. The lowest BCUT2D eigenvalue weighted by Gasteiger charge is -2.43. The highest BCUT2D eigenvalue weighted by molar-refractivity contribution is 5.99. The van der Waals surface area contributed by atoms with Crippen LogP contribution >= 0.6 is 0 Å². The van der Waals surface area contributed by atoms with Crippen molar-refractivity contribution in [1.82, 2.24) is 10.2 Å². The van der Waals surface area contributed by atoms with Crippen molar-refractivity contribution in [2.45, 2.75) is 44.7 Å². The number of carbonyl (C=O) groups is 2. The Balaban J connectivity index is 2.21. The fourth-order valence-corrected chi connectivity index (χ4v) is 2.45. The molecule has 0 aromatic rings. The lowest BCUT2D eigenvalue weighted by molar-refractivity contribution is -0.154. The first-order chi connectivity index (χ1) is 8.00. The van der Waals surface area contributed by atoms with Crippen LogP contribution in [-0.4, -0.2) is 34.8 Å². The number of terminal acetylenes is 1. The van der Waals surface area contributed by atoms with E-state index >= 15 is 0 Å². The van der Waals surface area contributed by atoms with Gasteiger partial charge in [-0.05, 0) is 32.6 Å². The predicted molar refractivity (Wildman–Crippen MR) is 63.9 cm³/mol. The highest BCUT2D eigenvalue weighted by Gasteiger charge is 2.54. The third-order valence-electron chi connectivity index (χ3n) is 3.83. The molecule has 0 aromatic carbocycles. The van der Waals surface area contributed by atoms with Crippen LogP contribution in [0.4, 0.5) is 0 Å². The van der Waals surface area contributed by atoms with Crippen LogP contribution in [0.2, 0.25) is 0 Å². The number of hydrogen-bond acceptors (Lipinski definition) is 2. The van der Waals surface area contributed by atoms with Gasteiger partial charge in [-0.2, -0.15) is 0 Å². The number of hydrogen-bond donors (Lipinski definition) is 1. The van der Waals surface area contributed by atoms with Gasteiger partial charge in [0.1, 0.15) is 11.6 Å². The monoisotopic (exact) mass is 234 g/mol. The van der Waals surface area contributed by atoms with Gasteiger partial charge in [-0.25, -0.2) is 0 Å². The molecule has 1 N–H and O–H groups in total. The molecule has 1 saturated heterocycles. The van der Waals surface area contributed by atoms with Gasteiger partial charge >= 0.3 is 0 Å². The van der Waals surface area contributed by atoms with E-state index in [1.54, 1.807) is 11.8 Å². The first-order valence-corrected chi connectivity index (χ1v) is 6.07. The van der Waals surface area contributed by atoms with Gasteiger partial charge in [0, 0.05) is 13.0 Å². The molecule has 0 radical (unpaired) electrons. The van der Waals surface area contributed by atoms with Crippen molar-refractivity contribution in [3.63, 3.8) is 0 Å². The summed E-state index contributed by atoms with van der Waals surface area (Å²) < 4.78 is 0. The van der Waals surface area contributed by atoms with Gasteiger partial charge in [-0.3, -0.25) is 9.59 Å². The molecule has 2 amide bonds. The highest BCUT2D eigenvalue weighted by Crippen LogP contribution is 2.42. The van der Waals surface area contributed by atoms with Crippen LogP contribution in [0, 0.1) is 18.3 Å². The van der Waals surface area contributed by atoms with Crippen LogP contribution in [0.5, 0.6) is 0 Å². The quantitative estimate of drug-likeness (QED) is 0.724. The number of piperazine rings is 1. The van der Waals surface area contributed by atoms with Crippen molar-refractivity contribution in [2.24, 2.45) is 5.92 Å². The van der Waals surface area contributed by atoms with Crippen LogP contribution < -0.4 is 5.32 Å². The van der Waals surface area contributed by atoms with Gasteiger partial charge in [0.15, 0.2) is 0 Å². The molecule has 4 nitrogen and oxygen atoms in total. The molecule has 2 rings (SSSR count). The highest BCUT2D eigenvalue weighted by atomic mass is 16.2. The van der Waals surface area contributed by atoms with Gasteiger partial charge in [0.05, 0.1) is 0 Å². The third-order valence-corrected chi connectivity index (χ3v) is 3.83. The maximum atomic E-state index is 12.4. The van der Waals surface area contributed by atoms with E-state index < -0.39 is 11.6 Å². The van der Waals surface area contributed by atoms with E-state index in [1.807, 2.05) is 6.92 Å². The standard InChI is InChI=1S/C13H18N2O2/c1-4-5-8-15-9(2)11(16)14-13(3,12(15)17)10-6-7-10/h1,9-10H,5-8H2,2-3H3,(H,14,16). The molecule has 0 bridgehead atoms. The second kappa shape index (κ2) is 4.06. The Morgan fingerprint density at radius 3 is 2.71 bits per heavy atom. The smallest absolute Gasteiger partial charge is 0.249 e. The normalized spacial score (nSPS) is 33.2. The third kappa shape index (κ3) is 1.90. The minimum Gasteiger partial charge on any atom is -0.340 e.